The summed E-state index contributed by atoms with van der Waals surface area (Å²) in [4.78, 5) is 26.1. The van der Waals surface area contributed by atoms with Crippen molar-refractivity contribution in [2.24, 2.45) is 17.8 Å². The second kappa shape index (κ2) is 5.93. The molecule has 1 aliphatic heterocycles. The Morgan fingerprint density at radius 2 is 2.11 bits per heavy atom. The second-order valence-electron chi connectivity index (χ2n) is 6.32. The van der Waals surface area contributed by atoms with Gasteiger partial charge in [-0.25, -0.2) is 0 Å². The number of carbonyl (C=O) groups is 2. The fourth-order valence-electron chi connectivity index (χ4n) is 3.28. The number of rotatable bonds is 4. The first-order chi connectivity index (χ1) is 9.02. The lowest BCUT2D eigenvalue weighted by Crippen LogP contribution is -2.60. The summed E-state index contributed by atoms with van der Waals surface area (Å²) < 4.78 is 0. The molecule has 2 fully saturated rings. The van der Waals surface area contributed by atoms with Crippen LogP contribution in [0.15, 0.2) is 0 Å². The van der Waals surface area contributed by atoms with Crippen LogP contribution in [0.4, 0.5) is 0 Å². The summed E-state index contributed by atoms with van der Waals surface area (Å²) >= 11 is 0. The standard InChI is InChI=1S/C15H26N2O2/c1-4-10(2)14-15(19)17(9-13(18)16-14)8-12-7-5-6-11(12)3/h10-12,14H,4-9H2,1-3H3,(H,16,18). The first-order valence-corrected chi connectivity index (χ1v) is 7.61. The minimum atomic E-state index is -0.317. The van der Waals surface area contributed by atoms with Crippen molar-refractivity contribution < 1.29 is 9.59 Å². The molecule has 2 aliphatic rings. The minimum Gasteiger partial charge on any atom is -0.342 e. The molecular weight excluding hydrogens is 240 g/mol. The normalized spacial score (nSPS) is 33.4. The van der Waals surface area contributed by atoms with Crippen LogP contribution < -0.4 is 5.32 Å². The molecular formula is C15H26N2O2. The molecule has 4 heteroatoms. The zero-order valence-electron chi connectivity index (χ0n) is 12.3. The van der Waals surface area contributed by atoms with Crippen LogP contribution in [-0.2, 0) is 9.59 Å². The molecule has 2 amide bonds. The van der Waals surface area contributed by atoms with Gasteiger partial charge in [-0.2, -0.15) is 0 Å². The van der Waals surface area contributed by atoms with E-state index in [0.29, 0.717) is 11.8 Å². The lowest BCUT2D eigenvalue weighted by molar-refractivity contribution is -0.146. The van der Waals surface area contributed by atoms with E-state index in [9.17, 15) is 9.59 Å². The van der Waals surface area contributed by atoms with Crippen LogP contribution in [0.3, 0.4) is 0 Å². The van der Waals surface area contributed by atoms with Gasteiger partial charge in [-0.1, -0.05) is 40.0 Å². The molecule has 0 spiro atoms. The van der Waals surface area contributed by atoms with Gasteiger partial charge in [0.1, 0.15) is 6.04 Å². The van der Waals surface area contributed by atoms with Crippen molar-refractivity contribution in [3.63, 3.8) is 0 Å². The van der Waals surface area contributed by atoms with Gasteiger partial charge in [0.15, 0.2) is 0 Å². The summed E-state index contributed by atoms with van der Waals surface area (Å²) in [7, 11) is 0. The summed E-state index contributed by atoms with van der Waals surface area (Å²) in [5, 5.41) is 2.85. The highest BCUT2D eigenvalue weighted by atomic mass is 16.2. The Bertz CT molecular complexity index is 356. The molecule has 1 heterocycles. The predicted octanol–water partition coefficient (Wildman–Crippen LogP) is 1.80. The van der Waals surface area contributed by atoms with Crippen LogP contribution in [-0.4, -0.2) is 35.8 Å². The van der Waals surface area contributed by atoms with Gasteiger partial charge in [-0.05, 0) is 24.2 Å². The van der Waals surface area contributed by atoms with E-state index >= 15 is 0 Å². The highest BCUT2D eigenvalue weighted by Crippen LogP contribution is 2.32. The number of hydrogen-bond acceptors (Lipinski definition) is 2. The molecule has 0 radical (unpaired) electrons. The molecule has 1 aliphatic carbocycles. The van der Waals surface area contributed by atoms with Crippen molar-refractivity contribution in [3.05, 3.63) is 0 Å². The summed E-state index contributed by atoms with van der Waals surface area (Å²) in [6.07, 6.45) is 4.62. The lowest BCUT2D eigenvalue weighted by Gasteiger charge is -2.37. The number of piperazine rings is 1. The second-order valence-corrected chi connectivity index (χ2v) is 6.32. The smallest absolute Gasteiger partial charge is 0.245 e. The van der Waals surface area contributed by atoms with Crippen LogP contribution in [0.1, 0.15) is 46.5 Å². The van der Waals surface area contributed by atoms with E-state index in [4.69, 9.17) is 0 Å². The van der Waals surface area contributed by atoms with E-state index in [0.717, 1.165) is 13.0 Å². The highest BCUT2D eigenvalue weighted by molar-refractivity contribution is 5.95. The SMILES string of the molecule is CCC(C)C1NC(=O)CN(CC2CCCC2C)C1=O. The van der Waals surface area contributed by atoms with E-state index in [2.05, 4.69) is 19.2 Å². The Hall–Kier alpha value is -1.06. The van der Waals surface area contributed by atoms with Gasteiger partial charge < -0.3 is 10.2 Å². The maximum absolute atomic E-state index is 12.5. The summed E-state index contributed by atoms with van der Waals surface area (Å²) in [6, 6.07) is -0.317. The van der Waals surface area contributed by atoms with Crippen LogP contribution >= 0.6 is 0 Å². The van der Waals surface area contributed by atoms with Gasteiger partial charge in [-0.15, -0.1) is 0 Å². The zero-order chi connectivity index (χ0) is 14.0. The van der Waals surface area contributed by atoms with E-state index in [1.807, 2.05) is 6.92 Å². The van der Waals surface area contributed by atoms with Crippen molar-refractivity contribution in [3.8, 4) is 0 Å². The predicted molar refractivity (Wildman–Crippen MR) is 74.5 cm³/mol. The fourth-order valence-corrected chi connectivity index (χ4v) is 3.28. The minimum absolute atomic E-state index is 0.00412. The molecule has 1 saturated carbocycles. The van der Waals surface area contributed by atoms with Crippen LogP contribution in [0, 0.1) is 17.8 Å². The fraction of sp³-hybridized carbons (Fsp3) is 0.867. The van der Waals surface area contributed by atoms with Gasteiger partial charge in [0.2, 0.25) is 11.8 Å². The molecule has 1 saturated heterocycles. The number of hydrogen-bond donors (Lipinski definition) is 1. The maximum atomic E-state index is 12.5. The Morgan fingerprint density at radius 3 is 2.68 bits per heavy atom. The lowest BCUT2D eigenvalue weighted by atomic mass is 9.93. The molecule has 4 nitrogen and oxygen atoms in total. The van der Waals surface area contributed by atoms with Gasteiger partial charge in [0.05, 0.1) is 6.54 Å². The van der Waals surface area contributed by atoms with E-state index < -0.39 is 0 Å². The molecule has 4 unspecified atom stereocenters. The monoisotopic (exact) mass is 266 g/mol. The average Bonchev–Trinajstić information content (AvgIpc) is 2.78. The number of nitrogens with zero attached hydrogens (tertiary/aromatic N) is 1. The number of nitrogens with one attached hydrogen (secondary N) is 1. The van der Waals surface area contributed by atoms with Crippen molar-refractivity contribution in [2.45, 2.75) is 52.5 Å². The third kappa shape index (κ3) is 3.10. The van der Waals surface area contributed by atoms with Crippen molar-refractivity contribution in [2.75, 3.05) is 13.1 Å². The number of amides is 2. The molecule has 1 N–H and O–H groups in total. The van der Waals surface area contributed by atoms with E-state index in [1.165, 1.54) is 19.3 Å². The topological polar surface area (TPSA) is 49.4 Å². The van der Waals surface area contributed by atoms with Crippen LogP contribution in [0.5, 0.6) is 0 Å². The quantitative estimate of drug-likeness (QED) is 0.843. The maximum Gasteiger partial charge on any atom is 0.245 e. The molecule has 19 heavy (non-hydrogen) atoms. The van der Waals surface area contributed by atoms with E-state index in [-0.39, 0.29) is 30.3 Å². The van der Waals surface area contributed by atoms with Gasteiger partial charge in [-0.3, -0.25) is 9.59 Å². The van der Waals surface area contributed by atoms with Crippen LogP contribution in [0.25, 0.3) is 0 Å². The molecule has 2 rings (SSSR count). The van der Waals surface area contributed by atoms with Crippen molar-refractivity contribution in [1.82, 2.24) is 10.2 Å². The average molecular weight is 266 g/mol. The molecule has 0 bridgehead atoms. The highest BCUT2D eigenvalue weighted by Gasteiger charge is 2.37. The third-order valence-corrected chi connectivity index (χ3v) is 4.94. The first kappa shape index (κ1) is 14.4. The van der Waals surface area contributed by atoms with Crippen LogP contribution in [0.2, 0.25) is 0 Å². The molecule has 0 aromatic rings. The molecule has 4 atom stereocenters. The number of carbonyl (C=O) groups excluding carboxylic acids is 2. The van der Waals surface area contributed by atoms with Crippen molar-refractivity contribution in [1.29, 1.82) is 0 Å². The van der Waals surface area contributed by atoms with Gasteiger partial charge in [0, 0.05) is 6.54 Å². The van der Waals surface area contributed by atoms with Gasteiger partial charge >= 0.3 is 0 Å². The van der Waals surface area contributed by atoms with Crippen molar-refractivity contribution >= 4 is 11.8 Å². The Kier molecular flexibility index (Phi) is 4.48. The van der Waals surface area contributed by atoms with E-state index in [1.54, 1.807) is 4.90 Å². The zero-order valence-corrected chi connectivity index (χ0v) is 12.3. The Morgan fingerprint density at radius 1 is 1.37 bits per heavy atom. The third-order valence-electron chi connectivity index (χ3n) is 4.94. The molecule has 108 valence electrons. The molecule has 0 aromatic carbocycles. The summed E-state index contributed by atoms with van der Waals surface area (Å²) in [5.41, 5.74) is 0. The molecule has 0 aromatic heterocycles. The summed E-state index contributed by atoms with van der Waals surface area (Å²) in [5.74, 6) is 1.58. The van der Waals surface area contributed by atoms with Gasteiger partial charge in [0.25, 0.3) is 0 Å². The first-order valence-electron chi connectivity index (χ1n) is 7.61. The largest absolute Gasteiger partial charge is 0.342 e. The Balaban J connectivity index is 2.02. The summed E-state index contributed by atoms with van der Waals surface area (Å²) in [6.45, 7) is 7.36. The Labute approximate surface area is 115 Å².